The van der Waals surface area contributed by atoms with E-state index in [1.807, 2.05) is 48.5 Å². The summed E-state index contributed by atoms with van der Waals surface area (Å²) in [4.78, 5) is 25.0. The first-order valence-corrected chi connectivity index (χ1v) is 10.2. The summed E-state index contributed by atoms with van der Waals surface area (Å²) in [5.74, 6) is -0.745. The Hall–Kier alpha value is -2.84. The van der Waals surface area contributed by atoms with Crippen LogP contribution in [0.4, 0.5) is 0 Å². The number of benzene rings is 3. The monoisotopic (exact) mass is 516 g/mol. The maximum atomic E-state index is 11.8. The molecule has 0 atom stereocenters. The van der Waals surface area contributed by atoms with Crippen LogP contribution in [0.25, 0.3) is 22.2 Å². The summed E-state index contributed by atoms with van der Waals surface area (Å²) < 4.78 is 13.5. The molecule has 0 aliphatic heterocycles. The maximum Gasteiger partial charge on any atom is 0.420 e. The fraction of sp³-hybridized carbons (Fsp3) is 0.0476. The Balaban J connectivity index is 0.000000159. The van der Waals surface area contributed by atoms with Gasteiger partial charge in [0.2, 0.25) is 0 Å². The van der Waals surface area contributed by atoms with Crippen molar-refractivity contribution in [3.8, 4) is 0 Å². The lowest BCUT2D eigenvalue weighted by molar-refractivity contribution is 0.517. The summed E-state index contributed by atoms with van der Waals surface area (Å²) in [6.07, 6.45) is 0. The number of halogens is 2. The van der Waals surface area contributed by atoms with Gasteiger partial charge >= 0.3 is 11.5 Å². The molecule has 2 heterocycles. The lowest BCUT2D eigenvalue weighted by Crippen LogP contribution is -2.14. The smallest absolute Gasteiger partial charge is 0.408 e. The van der Waals surface area contributed by atoms with Crippen molar-refractivity contribution in [2.24, 2.45) is 0 Å². The summed E-state index contributed by atoms with van der Waals surface area (Å²) >= 11 is 6.63. The van der Waals surface area contributed by atoms with Gasteiger partial charge in [0.05, 0.1) is 17.6 Å². The molecular formula is C21H14Br2N2O4. The van der Waals surface area contributed by atoms with Crippen LogP contribution < -0.4 is 11.5 Å². The molecule has 1 N–H and O–H groups in total. The number of oxazole rings is 2. The van der Waals surface area contributed by atoms with E-state index in [1.54, 1.807) is 22.8 Å². The van der Waals surface area contributed by atoms with Crippen LogP contribution in [-0.2, 0) is 6.54 Å². The summed E-state index contributed by atoms with van der Waals surface area (Å²) in [6.45, 7) is 0.522. The second kappa shape index (κ2) is 8.26. The van der Waals surface area contributed by atoms with Crippen LogP contribution in [0.1, 0.15) is 5.56 Å². The zero-order chi connectivity index (χ0) is 20.4. The van der Waals surface area contributed by atoms with Gasteiger partial charge < -0.3 is 8.83 Å². The molecular weight excluding hydrogens is 504 g/mol. The van der Waals surface area contributed by atoms with Crippen LogP contribution in [0, 0.1) is 0 Å². The van der Waals surface area contributed by atoms with Crippen LogP contribution in [0.2, 0.25) is 0 Å². The van der Waals surface area contributed by atoms with Gasteiger partial charge in [0.15, 0.2) is 11.2 Å². The zero-order valence-corrected chi connectivity index (χ0v) is 18.1. The van der Waals surface area contributed by atoms with E-state index in [9.17, 15) is 9.59 Å². The molecule has 146 valence electrons. The highest BCUT2D eigenvalue weighted by Gasteiger charge is 2.09. The number of H-pyrrole nitrogens is 1. The number of fused-ring (bicyclic) bond motifs is 2. The van der Waals surface area contributed by atoms with Crippen molar-refractivity contribution in [2.45, 2.75) is 6.54 Å². The number of aromatic amines is 1. The van der Waals surface area contributed by atoms with Gasteiger partial charge in [-0.3, -0.25) is 9.55 Å². The molecule has 0 fully saturated rings. The first-order valence-electron chi connectivity index (χ1n) is 8.61. The Labute approximate surface area is 181 Å². The Morgan fingerprint density at radius 2 is 1.52 bits per heavy atom. The van der Waals surface area contributed by atoms with Crippen molar-refractivity contribution in [3.63, 3.8) is 0 Å². The Kier molecular flexibility index (Phi) is 5.55. The molecule has 3 aromatic carbocycles. The highest BCUT2D eigenvalue weighted by molar-refractivity contribution is 9.10. The van der Waals surface area contributed by atoms with E-state index in [0.717, 1.165) is 25.5 Å². The minimum atomic E-state index is -0.418. The fourth-order valence-corrected chi connectivity index (χ4v) is 3.56. The third kappa shape index (κ3) is 4.44. The SMILES string of the molecule is O=c1[nH]c2ccc(Br)cc2o1.O=c1oc2cc(Br)ccc2n1Cc1ccccc1. The summed E-state index contributed by atoms with van der Waals surface area (Å²) in [5.41, 5.74) is 3.78. The molecule has 0 aliphatic carbocycles. The van der Waals surface area contributed by atoms with Crippen LogP contribution >= 0.6 is 31.9 Å². The molecule has 5 aromatic rings. The Bertz CT molecular complexity index is 1400. The van der Waals surface area contributed by atoms with Gasteiger partial charge in [0.1, 0.15) is 0 Å². The molecule has 0 radical (unpaired) electrons. The molecule has 6 nitrogen and oxygen atoms in total. The van der Waals surface area contributed by atoms with Crippen LogP contribution in [-0.4, -0.2) is 9.55 Å². The first-order chi connectivity index (χ1) is 14.0. The van der Waals surface area contributed by atoms with Crippen molar-refractivity contribution < 1.29 is 8.83 Å². The first kappa shape index (κ1) is 19.5. The number of hydrogen-bond acceptors (Lipinski definition) is 4. The molecule has 0 saturated carbocycles. The maximum absolute atomic E-state index is 11.8. The van der Waals surface area contributed by atoms with Crippen molar-refractivity contribution in [3.05, 3.63) is 102 Å². The predicted octanol–water partition coefficient (Wildman–Crippen LogP) is 5.29. The van der Waals surface area contributed by atoms with E-state index in [0.29, 0.717) is 17.7 Å². The van der Waals surface area contributed by atoms with E-state index in [2.05, 4.69) is 36.8 Å². The second-order valence-corrected chi connectivity index (χ2v) is 8.04. The van der Waals surface area contributed by atoms with Crippen LogP contribution in [0.3, 0.4) is 0 Å². The molecule has 0 unspecified atom stereocenters. The molecule has 0 bridgehead atoms. The minimum absolute atomic E-state index is 0.327. The van der Waals surface area contributed by atoms with Gasteiger partial charge in [-0.1, -0.05) is 62.2 Å². The topological polar surface area (TPSA) is 81.1 Å². The molecule has 0 aliphatic rings. The number of aromatic nitrogens is 2. The lowest BCUT2D eigenvalue weighted by atomic mass is 10.2. The summed E-state index contributed by atoms with van der Waals surface area (Å²) in [7, 11) is 0. The normalized spacial score (nSPS) is 10.8. The van der Waals surface area contributed by atoms with Crippen molar-refractivity contribution in [1.29, 1.82) is 0 Å². The van der Waals surface area contributed by atoms with E-state index < -0.39 is 5.76 Å². The van der Waals surface area contributed by atoms with Gasteiger partial charge in [-0.25, -0.2) is 9.59 Å². The average Bonchev–Trinajstić information content (AvgIpc) is 3.21. The third-order valence-corrected chi connectivity index (χ3v) is 5.18. The van der Waals surface area contributed by atoms with Gasteiger partial charge in [0.25, 0.3) is 0 Å². The number of nitrogens with one attached hydrogen (secondary N) is 1. The lowest BCUT2D eigenvalue weighted by Gasteiger charge is -2.02. The standard InChI is InChI=1S/C14H10BrNO2.C7H4BrNO2/c15-11-6-7-12-13(8-11)18-14(17)16(12)9-10-4-2-1-3-5-10;8-4-1-2-5-6(3-4)11-7(10)9-5/h1-8H,9H2;1-3H,(H,9,10). The quantitative estimate of drug-likeness (QED) is 0.345. The van der Waals surface area contributed by atoms with E-state index in [1.165, 1.54) is 0 Å². The fourth-order valence-electron chi connectivity index (χ4n) is 2.88. The third-order valence-electron chi connectivity index (χ3n) is 4.20. The number of hydrogen-bond donors (Lipinski definition) is 1. The van der Waals surface area contributed by atoms with Gasteiger partial charge in [-0.15, -0.1) is 0 Å². The predicted molar refractivity (Wildman–Crippen MR) is 118 cm³/mol. The van der Waals surface area contributed by atoms with Gasteiger partial charge in [0, 0.05) is 8.95 Å². The minimum Gasteiger partial charge on any atom is -0.408 e. The van der Waals surface area contributed by atoms with Gasteiger partial charge in [-0.05, 0) is 42.0 Å². The van der Waals surface area contributed by atoms with E-state index in [-0.39, 0.29) is 5.76 Å². The number of nitrogens with zero attached hydrogens (tertiary/aromatic N) is 1. The molecule has 0 saturated heterocycles. The molecule has 5 rings (SSSR count). The molecule has 0 spiro atoms. The Morgan fingerprint density at radius 3 is 2.28 bits per heavy atom. The highest BCUT2D eigenvalue weighted by Crippen LogP contribution is 2.19. The summed E-state index contributed by atoms with van der Waals surface area (Å²) in [6, 6.07) is 20.8. The summed E-state index contributed by atoms with van der Waals surface area (Å²) in [5, 5.41) is 0. The van der Waals surface area contributed by atoms with Crippen LogP contribution in [0.5, 0.6) is 0 Å². The highest BCUT2D eigenvalue weighted by atomic mass is 79.9. The van der Waals surface area contributed by atoms with E-state index in [4.69, 9.17) is 8.83 Å². The van der Waals surface area contributed by atoms with E-state index >= 15 is 0 Å². The Morgan fingerprint density at radius 1 is 0.828 bits per heavy atom. The van der Waals surface area contributed by atoms with Crippen molar-refractivity contribution >= 4 is 54.1 Å². The van der Waals surface area contributed by atoms with Gasteiger partial charge in [-0.2, -0.15) is 0 Å². The van der Waals surface area contributed by atoms with Crippen molar-refractivity contribution in [1.82, 2.24) is 9.55 Å². The zero-order valence-electron chi connectivity index (χ0n) is 14.9. The average molecular weight is 518 g/mol. The number of rotatable bonds is 2. The van der Waals surface area contributed by atoms with Crippen molar-refractivity contribution in [2.75, 3.05) is 0 Å². The molecule has 2 aromatic heterocycles. The van der Waals surface area contributed by atoms with Crippen LogP contribution in [0.15, 0.2) is 94.1 Å². The molecule has 29 heavy (non-hydrogen) atoms. The largest absolute Gasteiger partial charge is 0.420 e. The molecule has 8 heteroatoms. The second-order valence-electron chi connectivity index (χ2n) is 6.21. The molecule has 0 amide bonds.